The van der Waals surface area contributed by atoms with Gasteiger partial charge in [0.05, 0.1) is 0 Å². The fourth-order valence-electron chi connectivity index (χ4n) is 3.95. The Balaban J connectivity index is 1.48. The van der Waals surface area contributed by atoms with Gasteiger partial charge in [-0.3, -0.25) is 0 Å². The van der Waals surface area contributed by atoms with Gasteiger partial charge >= 0.3 is 226 Å². The van der Waals surface area contributed by atoms with Crippen molar-refractivity contribution < 1.29 is 23.5 Å². The molecule has 193 valence electrons. The zero-order valence-corrected chi connectivity index (χ0v) is 22.9. The third kappa shape index (κ3) is 7.28. The van der Waals surface area contributed by atoms with E-state index < -0.39 is 21.6 Å². The molecule has 4 rings (SSSR count). The van der Waals surface area contributed by atoms with Gasteiger partial charge in [0.2, 0.25) is 0 Å². The molecule has 1 fully saturated rings. The quantitative estimate of drug-likeness (QED) is 0.157. The van der Waals surface area contributed by atoms with E-state index in [9.17, 15) is 14.0 Å². The average Bonchev–Trinajstić information content (AvgIpc) is 2.86. The molecule has 1 aliphatic rings. The summed E-state index contributed by atoms with van der Waals surface area (Å²) < 4.78 is 25.5. The van der Waals surface area contributed by atoms with Crippen LogP contribution >= 0.6 is 11.6 Å². The fourth-order valence-corrected chi connectivity index (χ4v) is 5.73. The maximum atomic E-state index is 13.6. The van der Waals surface area contributed by atoms with Crippen molar-refractivity contribution in [2.24, 2.45) is 0 Å². The Kier molecular flexibility index (Phi) is 9.13. The number of morpholine rings is 1. The molecular weight excluding hydrogens is 562 g/mol. The number of halogens is 2. The molecule has 11 heteroatoms. The Morgan fingerprint density at radius 3 is 2.95 bits per heavy atom. The number of fused-ring (bicyclic) bond motifs is 1. The molecule has 37 heavy (non-hydrogen) atoms. The third-order valence-corrected chi connectivity index (χ3v) is 8.00. The minimum atomic E-state index is -0.886. The van der Waals surface area contributed by atoms with Crippen molar-refractivity contribution in [3.8, 4) is 5.75 Å². The van der Waals surface area contributed by atoms with Crippen LogP contribution in [0.15, 0.2) is 49.3 Å². The normalized spacial score (nSPS) is 16.2. The monoisotopic (exact) mass is 587 g/mol. The number of carbonyl (C=O) groups excluding carboxylic acids is 2. The number of unbranched alkanes of at least 4 members (excludes halogenated alkanes) is 1. The van der Waals surface area contributed by atoms with Crippen LogP contribution in [0, 0.1) is 5.82 Å². The van der Waals surface area contributed by atoms with Gasteiger partial charge in [0.25, 0.3) is 0 Å². The number of cyclic esters (lactones) is 1. The van der Waals surface area contributed by atoms with Gasteiger partial charge in [-0.25, -0.2) is 0 Å². The first-order valence-electron chi connectivity index (χ1n) is 11.8. The van der Waals surface area contributed by atoms with Gasteiger partial charge in [-0.15, -0.1) is 0 Å². The Labute approximate surface area is 225 Å². The van der Waals surface area contributed by atoms with Gasteiger partial charge in [0.1, 0.15) is 0 Å². The van der Waals surface area contributed by atoms with E-state index in [4.69, 9.17) is 21.1 Å². The van der Waals surface area contributed by atoms with Crippen LogP contribution in [0.25, 0.3) is 10.9 Å². The van der Waals surface area contributed by atoms with Crippen molar-refractivity contribution in [2.75, 3.05) is 31.6 Å². The number of benzene rings is 2. The second kappa shape index (κ2) is 12.5. The summed E-state index contributed by atoms with van der Waals surface area (Å²) in [5, 5.41) is 3.85. The predicted molar refractivity (Wildman–Crippen MR) is 142 cm³/mol. The Morgan fingerprint density at radius 2 is 2.19 bits per heavy atom. The van der Waals surface area contributed by atoms with Gasteiger partial charge in [0, 0.05) is 0 Å². The van der Waals surface area contributed by atoms with E-state index in [-0.39, 0.29) is 21.7 Å². The number of ether oxygens (including phenoxy) is 2. The summed E-state index contributed by atoms with van der Waals surface area (Å²) in [4.78, 5) is 34.7. The second-order valence-electron chi connectivity index (χ2n) is 8.56. The number of hydrogen-bond acceptors (Lipinski definition) is 8. The van der Waals surface area contributed by atoms with E-state index in [1.54, 1.807) is 6.07 Å². The summed E-state index contributed by atoms with van der Waals surface area (Å²) in [6, 6.07) is 7.98. The van der Waals surface area contributed by atoms with Crippen molar-refractivity contribution in [3.05, 3.63) is 60.2 Å². The van der Waals surface area contributed by atoms with Crippen molar-refractivity contribution in [2.45, 2.75) is 25.9 Å². The van der Waals surface area contributed by atoms with Crippen LogP contribution in [0.4, 0.5) is 15.9 Å². The molecule has 0 saturated carbocycles. The molecule has 1 N–H and O–H groups in total. The molecule has 0 bridgehead atoms. The van der Waals surface area contributed by atoms with Crippen LogP contribution in [0.2, 0.25) is 5.02 Å². The zero-order chi connectivity index (χ0) is 26.4. The summed E-state index contributed by atoms with van der Waals surface area (Å²) in [5.41, 5.74) is 1.21. The summed E-state index contributed by atoms with van der Waals surface area (Å²) in [6.07, 6.45) is 4.29. The molecule has 8 nitrogen and oxygen atoms in total. The zero-order valence-electron chi connectivity index (χ0n) is 20.2. The molecule has 0 spiro atoms. The molecule has 1 aromatic heterocycles. The number of nitrogens with zero attached hydrogens (tertiary/aromatic N) is 3. The fraction of sp³-hybridized carbons (Fsp3) is 0.308. The summed E-state index contributed by atoms with van der Waals surface area (Å²) in [7, 11) is 0. The number of esters is 1. The van der Waals surface area contributed by atoms with Gasteiger partial charge < -0.3 is 0 Å². The Hall–Kier alpha value is -3.00. The molecular formula is C26H26AsClFN4O4. The van der Waals surface area contributed by atoms with Crippen LogP contribution < -0.4 is 14.4 Å². The molecule has 1 aliphatic heterocycles. The van der Waals surface area contributed by atoms with Crippen LogP contribution in [0.5, 0.6) is 5.75 Å². The molecule has 0 aliphatic carbocycles. The molecule has 0 amide bonds. The molecule has 1 atom stereocenters. The van der Waals surface area contributed by atoms with Crippen LogP contribution in [0.3, 0.4) is 0 Å². The number of allylic oxidation sites excluding steroid dienone is 1. The van der Waals surface area contributed by atoms with Crippen molar-refractivity contribution in [1.82, 2.24) is 14.9 Å². The van der Waals surface area contributed by atoms with Gasteiger partial charge in [-0.2, -0.15) is 0 Å². The second-order valence-corrected chi connectivity index (χ2v) is 11.4. The first kappa shape index (κ1) is 27.0. The third-order valence-electron chi connectivity index (χ3n) is 5.63. The first-order valence-corrected chi connectivity index (χ1v) is 14.0. The van der Waals surface area contributed by atoms with Crippen molar-refractivity contribution in [1.29, 1.82) is 0 Å². The number of carbonyl (C=O) groups is 2. The van der Waals surface area contributed by atoms with E-state index in [2.05, 4.69) is 26.8 Å². The van der Waals surface area contributed by atoms with Gasteiger partial charge in [-0.05, 0) is 0 Å². The van der Waals surface area contributed by atoms with Crippen LogP contribution in [-0.2, 0) is 14.3 Å². The van der Waals surface area contributed by atoms with E-state index in [0.717, 1.165) is 30.3 Å². The van der Waals surface area contributed by atoms with Crippen LogP contribution in [0.1, 0.15) is 19.8 Å². The maximum absolute atomic E-state index is 13.6. The minimum absolute atomic E-state index is 0.00366. The average molecular weight is 588 g/mol. The van der Waals surface area contributed by atoms with Crippen LogP contribution in [-0.4, -0.2) is 73.5 Å². The van der Waals surface area contributed by atoms with Crippen molar-refractivity contribution >= 4 is 64.7 Å². The Bertz CT molecular complexity index is 1330. The molecule has 0 unspecified atom stereocenters. The number of anilines is 2. The molecule has 3 aromatic rings. The standard InChI is InChI=1S/C26H26AsClFN4O4/c1-3-24(34)27-19-11-18-22(30-15-31-26(18)32-17-6-7-21(29)20(28)10-17)12-23(19)36-9-5-4-8-33-13-16(2)37-25(35)14-33/h3,6-7,10-12,15-16H,1,4-5,8-9,13-14H2,2H3,(H,30,31,32)/t16-/m0/s1. The topological polar surface area (TPSA) is 93.6 Å². The number of nitrogens with one attached hydrogen (secondary N) is 1. The van der Waals surface area contributed by atoms with E-state index in [1.165, 1.54) is 24.5 Å². The van der Waals surface area contributed by atoms with Gasteiger partial charge in [-0.1, -0.05) is 0 Å². The number of rotatable bonds is 11. The van der Waals surface area contributed by atoms with E-state index in [0.29, 0.717) is 41.3 Å². The summed E-state index contributed by atoms with van der Waals surface area (Å²) >= 11 is 5.03. The Morgan fingerprint density at radius 1 is 1.35 bits per heavy atom. The number of hydrogen-bond donors (Lipinski definition) is 1. The summed E-state index contributed by atoms with van der Waals surface area (Å²) in [5.74, 6) is 0.405. The van der Waals surface area contributed by atoms with E-state index >= 15 is 0 Å². The SMILES string of the molecule is C=CC(=O)[As]c1cc2c(Nc3ccc(F)c(Cl)c3)ncnc2cc1OCCCCN1CC(=O)O[C@@H](C)C1. The molecule has 2 aromatic carbocycles. The van der Waals surface area contributed by atoms with Crippen molar-refractivity contribution in [3.63, 3.8) is 0 Å². The molecule has 1 radical (unpaired) electrons. The predicted octanol–water partition coefficient (Wildman–Crippen LogP) is 3.61. The molecule has 1 saturated heterocycles. The first-order chi connectivity index (χ1) is 17.8. The van der Waals surface area contributed by atoms with Gasteiger partial charge in [0.15, 0.2) is 0 Å². The molecule has 2 heterocycles. The summed E-state index contributed by atoms with van der Waals surface area (Å²) in [6.45, 7) is 7.77. The number of aromatic nitrogens is 2. The van der Waals surface area contributed by atoms with E-state index in [1.807, 2.05) is 19.1 Å².